The summed E-state index contributed by atoms with van der Waals surface area (Å²) in [6.45, 7) is 10.6. The van der Waals surface area contributed by atoms with Crippen LogP contribution in [-0.4, -0.2) is 23.1 Å². The first-order chi connectivity index (χ1) is 8.40. The van der Waals surface area contributed by atoms with Gasteiger partial charge in [-0.15, -0.1) is 0 Å². The summed E-state index contributed by atoms with van der Waals surface area (Å²) in [5.74, 6) is 3.21. The summed E-state index contributed by atoms with van der Waals surface area (Å²) in [5.41, 5.74) is 5.85. The number of hydrogen-bond donors (Lipinski definition) is 1. The summed E-state index contributed by atoms with van der Waals surface area (Å²) < 4.78 is 0. The fourth-order valence-corrected chi connectivity index (χ4v) is 1.95. The van der Waals surface area contributed by atoms with Crippen molar-refractivity contribution in [3.05, 3.63) is 11.9 Å². The molecule has 2 N–H and O–H groups in total. The Morgan fingerprint density at radius 2 is 2.00 bits per heavy atom. The fourth-order valence-electron chi connectivity index (χ4n) is 1.95. The lowest BCUT2D eigenvalue weighted by Gasteiger charge is -2.25. The lowest BCUT2D eigenvalue weighted by Crippen LogP contribution is -2.28. The standard InChI is InChI=1S/C14H24N4/c1-5-18(9-10-6-7-10)12-8-11(15)16-13(17-12)14(2,3)4/h8,10H,5-7,9H2,1-4H3,(H2,15,16,17). The Labute approximate surface area is 110 Å². The predicted octanol–water partition coefficient (Wildman–Crippen LogP) is 2.59. The molecule has 0 atom stereocenters. The zero-order valence-corrected chi connectivity index (χ0v) is 11.9. The average molecular weight is 248 g/mol. The summed E-state index contributed by atoms with van der Waals surface area (Å²) in [6.07, 6.45) is 2.70. The Morgan fingerprint density at radius 1 is 1.33 bits per heavy atom. The van der Waals surface area contributed by atoms with Gasteiger partial charge < -0.3 is 10.6 Å². The maximum Gasteiger partial charge on any atom is 0.138 e. The quantitative estimate of drug-likeness (QED) is 0.890. The monoisotopic (exact) mass is 248 g/mol. The Hall–Kier alpha value is -1.32. The molecule has 0 unspecified atom stereocenters. The Morgan fingerprint density at radius 3 is 2.50 bits per heavy atom. The zero-order valence-electron chi connectivity index (χ0n) is 11.9. The van der Waals surface area contributed by atoms with E-state index < -0.39 is 0 Å². The van der Waals surface area contributed by atoms with Gasteiger partial charge in [0.1, 0.15) is 17.5 Å². The van der Waals surface area contributed by atoms with E-state index in [1.807, 2.05) is 6.07 Å². The largest absolute Gasteiger partial charge is 0.384 e. The average Bonchev–Trinajstić information content (AvgIpc) is 3.07. The van der Waals surface area contributed by atoms with Crippen molar-refractivity contribution < 1.29 is 0 Å². The molecule has 0 saturated heterocycles. The molecule has 4 nitrogen and oxygen atoms in total. The van der Waals surface area contributed by atoms with Gasteiger partial charge in [-0.05, 0) is 25.7 Å². The summed E-state index contributed by atoms with van der Waals surface area (Å²) in [4.78, 5) is 11.4. The van der Waals surface area contributed by atoms with Crippen molar-refractivity contribution in [2.45, 2.75) is 46.0 Å². The molecule has 0 amide bonds. The van der Waals surface area contributed by atoms with E-state index in [0.717, 1.165) is 30.6 Å². The molecule has 0 aliphatic heterocycles. The van der Waals surface area contributed by atoms with Crippen LogP contribution in [0.4, 0.5) is 11.6 Å². The van der Waals surface area contributed by atoms with Crippen LogP contribution in [0.3, 0.4) is 0 Å². The van der Waals surface area contributed by atoms with Crippen molar-refractivity contribution in [1.82, 2.24) is 9.97 Å². The molecule has 0 spiro atoms. The second-order valence-electron chi connectivity index (χ2n) is 6.21. The molecule has 18 heavy (non-hydrogen) atoms. The highest BCUT2D eigenvalue weighted by molar-refractivity contribution is 5.47. The van der Waals surface area contributed by atoms with Crippen molar-refractivity contribution in [1.29, 1.82) is 0 Å². The van der Waals surface area contributed by atoms with Crippen LogP contribution in [0.5, 0.6) is 0 Å². The van der Waals surface area contributed by atoms with E-state index in [9.17, 15) is 0 Å². The van der Waals surface area contributed by atoms with E-state index in [4.69, 9.17) is 10.7 Å². The van der Waals surface area contributed by atoms with Crippen LogP contribution in [-0.2, 0) is 5.41 Å². The van der Waals surface area contributed by atoms with E-state index in [1.165, 1.54) is 12.8 Å². The third-order valence-corrected chi connectivity index (χ3v) is 3.28. The minimum absolute atomic E-state index is 0.0663. The molecule has 1 aromatic heterocycles. The minimum atomic E-state index is -0.0663. The number of nitrogens with two attached hydrogens (primary N) is 1. The number of anilines is 2. The Kier molecular flexibility index (Phi) is 3.46. The third kappa shape index (κ3) is 3.12. The van der Waals surface area contributed by atoms with Crippen molar-refractivity contribution in [3.8, 4) is 0 Å². The number of nitrogens with zero attached hydrogens (tertiary/aromatic N) is 3. The number of hydrogen-bond acceptors (Lipinski definition) is 4. The van der Waals surface area contributed by atoms with Crippen LogP contribution in [0.2, 0.25) is 0 Å². The van der Waals surface area contributed by atoms with Gasteiger partial charge in [-0.2, -0.15) is 0 Å². The molecule has 0 radical (unpaired) electrons. The van der Waals surface area contributed by atoms with E-state index in [-0.39, 0.29) is 5.41 Å². The summed E-state index contributed by atoms with van der Waals surface area (Å²) in [7, 11) is 0. The Bertz CT molecular complexity index is 418. The molecule has 0 aromatic carbocycles. The van der Waals surface area contributed by atoms with E-state index in [2.05, 4.69) is 37.6 Å². The molecule has 1 heterocycles. The first-order valence-corrected chi connectivity index (χ1v) is 6.80. The minimum Gasteiger partial charge on any atom is -0.384 e. The van der Waals surface area contributed by atoms with Gasteiger partial charge >= 0.3 is 0 Å². The van der Waals surface area contributed by atoms with Crippen LogP contribution in [0.25, 0.3) is 0 Å². The number of nitrogen functional groups attached to an aromatic ring is 1. The van der Waals surface area contributed by atoms with E-state index in [1.54, 1.807) is 0 Å². The van der Waals surface area contributed by atoms with Crippen LogP contribution < -0.4 is 10.6 Å². The summed E-state index contributed by atoms with van der Waals surface area (Å²) >= 11 is 0. The topological polar surface area (TPSA) is 55.0 Å². The second kappa shape index (κ2) is 4.75. The second-order valence-corrected chi connectivity index (χ2v) is 6.21. The highest BCUT2D eigenvalue weighted by Crippen LogP contribution is 2.31. The lowest BCUT2D eigenvalue weighted by molar-refractivity contribution is 0.544. The van der Waals surface area contributed by atoms with Gasteiger partial charge in [0.05, 0.1) is 0 Å². The molecule has 2 rings (SSSR count). The Balaban J connectivity index is 2.27. The molecule has 1 aromatic rings. The first-order valence-electron chi connectivity index (χ1n) is 6.80. The van der Waals surface area contributed by atoms with Crippen molar-refractivity contribution in [3.63, 3.8) is 0 Å². The van der Waals surface area contributed by atoms with E-state index in [0.29, 0.717) is 5.82 Å². The molecule has 1 saturated carbocycles. The summed E-state index contributed by atoms with van der Waals surface area (Å²) in [6, 6.07) is 1.89. The SMILES string of the molecule is CCN(CC1CC1)c1cc(N)nc(C(C)(C)C)n1. The molecule has 100 valence electrons. The smallest absolute Gasteiger partial charge is 0.138 e. The molecule has 0 bridgehead atoms. The predicted molar refractivity (Wildman–Crippen MR) is 75.8 cm³/mol. The zero-order chi connectivity index (χ0) is 13.3. The molecular formula is C14H24N4. The maximum absolute atomic E-state index is 5.92. The lowest BCUT2D eigenvalue weighted by atomic mass is 9.96. The third-order valence-electron chi connectivity index (χ3n) is 3.28. The molecule has 4 heteroatoms. The first kappa shape index (κ1) is 13.1. The molecule has 1 aliphatic rings. The van der Waals surface area contributed by atoms with Crippen molar-refractivity contribution >= 4 is 11.6 Å². The number of rotatable bonds is 4. The highest BCUT2D eigenvalue weighted by Gasteiger charge is 2.25. The van der Waals surface area contributed by atoms with Crippen molar-refractivity contribution in [2.75, 3.05) is 23.7 Å². The van der Waals surface area contributed by atoms with Crippen LogP contribution in [0.1, 0.15) is 46.4 Å². The molecule has 1 aliphatic carbocycles. The fraction of sp³-hybridized carbons (Fsp3) is 0.714. The van der Waals surface area contributed by atoms with Gasteiger partial charge in [-0.3, -0.25) is 0 Å². The van der Waals surface area contributed by atoms with Gasteiger partial charge in [0.15, 0.2) is 0 Å². The maximum atomic E-state index is 5.92. The molecular weight excluding hydrogens is 224 g/mol. The van der Waals surface area contributed by atoms with Crippen LogP contribution >= 0.6 is 0 Å². The normalized spacial score (nSPS) is 15.8. The van der Waals surface area contributed by atoms with Gasteiger partial charge in [0.25, 0.3) is 0 Å². The highest BCUT2D eigenvalue weighted by atomic mass is 15.2. The summed E-state index contributed by atoms with van der Waals surface area (Å²) in [5, 5.41) is 0. The molecule has 1 fully saturated rings. The van der Waals surface area contributed by atoms with Gasteiger partial charge in [-0.25, -0.2) is 9.97 Å². The van der Waals surface area contributed by atoms with Crippen LogP contribution in [0.15, 0.2) is 6.07 Å². The van der Waals surface area contributed by atoms with Gasteiger partial charge in [-0.1, -0.05) is 20.8 Å². The van der Waals surface area contributed by atoms with Crippen molar-refractivity contribution in [2.24, 2.45) is 5.92 Å². The van der Waals surface area contributed by atoms with E-state index >= 15 is 0 Å². The van der Waals surface area contributed by atoms with Gasteiger partial charge in [0, 0.05) is 24.6 Å². The van der Waals surface area contributed by atoms with Gasteiger partial charge in [0.2, 0.25) is 0 Å². The number of aromatic nitrogens is 2. The van der Waals surface area contributed by atoms with Crippen LogP contribution in [0, 0.1) is 5.92 Å².